The van der Waals surface area contributed by atoms with Gasteiger partial charge in [0.1, 0.15) is 17.3 Å². The molecular weight excluding hydrogens is 390 g/mol. The van der Waals surface area contributed by atoms with Gasteiger partial charge in [-0.25, -0.2) is 8.78 Å². The number of rotatable bonds is 3. The molecule has 154 valence electrons. The van der Waals surface area contributed by atoms with E-state index in [4.69, 9.17) is 0 Å². The lowest BCUT2D eigenvalue weighted by Crippen LogP contribution is -2.50. The SMILES string of the molecule is Cn1cc(C(=O)N2CCN(C(=O)c3ccccc3)CC2)c(-c2ccc(F)cc2F)n1. The fraction of sp³-hybridized carbons (Fsp3) is 0.227. The molecule has 0 saturated carbocycles. The van der Waals surface area contributed by atoms with Gasteiger partial charge in [-0.3, -0.25) is 14.3 Å². The summed E-state index contributed by atoms with van der Waals surface area (Å²) in [5.74, 6) is -1.84. The number of piperazine rings is 1. The van der Waals surface area contributed by atoms with Crippen LogP contribution in [-0.2, 0) is 7.05 Å². The number of halogens is 2. The third kappa shape index (κ3) is 3.80. The van der Waals surface area contributed by atoms with Gasteiger partial charge < -0.3 is 9.80 Å². The molecule has 1 aromatic heterocycles. The zero-order valence-electron chi connectivity index (χ0n) is 16.4. The van der Waals surface area contributed by atoms with Gasteiger partial charge in [-0.05, 0) is 24.3 Å². The van der Waals surface area contributed by atoms with E-state index in [1.165, 1.54) is 16.9 Å². The highest BCUT2D eigenvalue weighted by molar-refractivity contribution is 6.00. The first-order chi connectivity index (χ1) is 14.4. The molecule has 0 radical (unpaired) electrons. The average molecular weight is 410 g/mol. The van der Waals surface area contributed by atoms with Crippen molar-refractivity contribution in [3.63, 3.8) is 0 Å². The number of amides is 2. The van der Waals surface area contributed by atoms with E-state index in [1.54, 1.807) is 29.0 Å². The van der Waals surface area contributed by atoms with Crippen LogP contribution in [0.2, 0.25) is 0 Å². The zero-order valence-corrected chi connectivity index (χ0v) is 16.4. The van der Waals surface area contributed by atoms with Crippen molar-refractivity contribution in [1.29, 1.82) is 0 Å². The third-order valence-electron chi connectivity index (χ3n) is 5.12. The van der Waals surface area contributed by atoms with E-state index >= 15 is 0 Å². The average Bonchev–Trinajstić information content (AvgIpc) is 3.14. The summed E-state index contributed by atoms with van der Waals surface area (Å²) in [6.07, 6.45) is 1.53. The van der Waals surface area contributed by atoms with Crippen molar-refractivity contribution in [3.05, 3.63) is 77.5 Å². The predicted octanol–water partition coefficient (Wildman–Crippen LogP) is 2.96. The van der Waals surface area contributed by atoms with Crippen LogP contribution in [0.5, 0.6) is 0 Å². The molecule has 0 aliphatic carbocycles. The summed E-state index contributed by atoms with van der Waals surface area (Å²) in [4.78, 5) is 29.0. The minimum atomic E-state index is -0.777. The van der Waals surface area contributed by atoms with Crippen LogP contribution in [0.15, 0.2) is 54.7 Å². The highest BCUT2D eigenvalue weighted by Gasteiger charge is 2.28. The molecule has 1 aliphatic heterocycles. The summed E-state index contributed by atoms with van der Waals surface area (Å²) < 4.78 is 29.0. The molecule has 0 atom stereocenters. The minimum Gasteiger partial charge on any atom is -0.335 e. The number of carbonyl (C=O) groups excluding carboxylic acids is 2. The van der Waals surface area contributed by atoms with Gasteiger partial charge in [-0.2, -0.15) is 5.10 Å². The molecule has 0 spiro atoms. The lowest BCUT2D eigenvalue weighted by molar-refractivity contribution is 0.0536. The first kappa shape index (κ1) is 19.8. The number of aromatic nitrogens is 2. The molecule has 2 amide bonds. The second-order valence-corrected chi connectivity index (χ2v) is 7.14. The molecule has 1 saturated heterocycles. The summed E-state index contributed by atoms with van der Waals surface area (Å²) in [6, 6.07) is 12.2. The summed E-state index contributed by atoms with van der Waals surface area (Å²) in [5.41, 5.74) is 1.09. The highest BCUT2D eigenvalue weighted by atomic mass is 19.1. The number of nitrogens with zero attached hydrogens (tertiary/aromatic N) is 4. The van der Waals surface area contributed by atoms with E-state index in [-0.39, 0.29) is 28.6 Å². The lowest BCUT2D eigenvalue weighted by Gasteiger charge is -2.34. The summed E-state index contributed by atoms with van der Waals surface area (Å²) in [5, 5.41) is 4.21. The van der Waals surface area contributed by atoms with Gasteiger partial charge >= 0.3 is 0 Å². The van der Waals surface area contributed by atoms with Gasteiger partial charge in [0.25, 0.3) is 11.8 Å². The zero-order chi connectivity index (χ0) is 21.3. The molecule has 30 heavy (non-hydrogen) atoms. The number of hydrogen-bond donors (Lipinski definition) is 0. The van der Waals surface area contributed by atoms with Crippen molar-refractivity contribution in [3.8, 4) is 11.3 Å². The number of hydrogen-bond acceptors (Lipinski definition) is 3. The first-order valence-corrected chi connectivity index (χ1v) is 9.56. The Kier molecular flexibility index (Phi) is 5.31. The Morgan fingerprint density at radius 2 is 1.53 bits per heavy atom. The molecule has 4 rings (SSSR count). The maximum absolute atomic E-state index is 14.3. The molecule has 0 bridgehead atoms. The Bertz CT molecular complexity index is 1090. The van der Waals surface area contributed by atoms with Gasteiger partial charge in [0.15, 0.2) is 0 Å². The Morgan fingerprint density at radius 3 is 2.17 bits per heavy atom. The molecular formula is C22H20F2N4O2. The van der Waals surface area contributed by atoms with Crippen LogP contribution in [0, 0.1) is 11.6 Å². The van der Waals surface area contributed by atoms with E-state index in [0.29, 0.717) is 31.7 Å². The van der Waals surface area contributed by atoms with E-state index in [0.717, 1.165) is 12.1 Å². The van der Waals surface area contributed by atoms with Crippen molar-refractivity contribution < 1.29 is 18.4 Å². The number of carbonyl (C=O) groups is 2. The van der Waals surface area contributed by atoms with Crippen LogP contribution in [0.1, 0.15) is 20.7 Å². The lowest BCUT2D eigenvalue weighted by atomic mass is 10.1. The number of aryl methyl sites for hydroxylation is 1. The fourth-order valence-corrected chi connectivity index (χ4v) is 3.57. The second-order valence-electron chi connectivity index (χ2n) is 7.14. The molecule has 0 N–H and O–H groups in total. The molecule has 1 aliphatic rings. The van der Waals surface area contributed by atoms with E-state index in [2.05, 4.69) is 5.10 Å². The van der Waals surface area contributed by atoms with Crippen LogP contribution >= 0.6 is 0 Å². The maximum atomic E-state index is 14.3. The predicted molar refractivity (Wildman–Crippen MR) is 107 cm³/mol. The van der Waals surface area contributed by atoms with Crippen LogP contribution in [0.3, 0.4) is 0 Å². The molecule has 2 aromatic carbocycles. The second kappa shape index (κ2) is 8.06. The van der Waals surface area contributed by atoms with Crippen molar-refractivity contribution in [2.24, 2.45) is 7.05 Å². The van der Waals surface area contributed by atoms with E-state index in [1.807, 2.05) is 18.2 Å². The quantitative estimate of drug-likeness (QED) is 0.667. The van der Waals surface area contributed by atoms with Crippen LogP contribution in [-0.4, -0.2) is 57.6 Å². The van der Waals surface area contributed by atoms with E-state index in [9.17, 15) is 18.4 Å². The topological polar surface area (TPSA) is 58.4 Å². The van der Waals surface area contributed by atoms with Crippen LogP contribution < -0.4 is 0 Å². The Hall–Kier alpha value is -3.55. The van der Waals surface area contributed by atoms with Crippen molar-refractivity contribution in [2.45, 2.75) is 0 Å². The first-order valence-electron chi connectivity index (χ1n) is 9.56. The normalized spacial score (nSPS) is 14.1. The van der Waals surface area contributed by atoms with E-state index < -0.39 is 11.6 Å². The molecule has 6 nitrogen and oxygen atoms in total. The van der Waals surface area contributed by atoms with Gasteiger partial charge in [0.2, 0.25) is 0 Å². The highest BCUT2D eigenvalue weighted by Crippen LogP contribution is 2.27. The third-order valence-corrected chi connectivity index (χ3v) is 5.12. The summed E-state index contributed by atoms with van der Waals surface area (Å²) >= 11 is 0. The summed E-state index contributed by atoms with van der Waals surface area (Å²) in [6.45, 7) is 1.52. The standard InChI is InChI=1S/C22H20F2N4O2/c1-26-14-18(20(25-26)17-8-7-16(23)13-19(17)24)22(30)28-11-9-27(10-12-28)21(29)15-5-3-2-4-6-15/h2-8,13-14H,9-12H2,1H3. The maximum Gasteiger partial charge on any atom is 0.257 e. The number of benzene rings is 2. The van der Waals surface area contributed by atoms with Gasteiger partial charge in [0.05, 0.1) is 5.56 Å². The van der Waals surface area contributed by atoms with Crippen molar-refractivity contribution in [1.82, 2.24) is 19.6 Å². The Labute approximate surface area is 172 Å². The molecule has 3 aromatic rings. The smallest absolute Gasteiger partial charge is 0.257 e. The van der Waals surface area contributed by atoms with Crippen molar-refractivity contribution in [2.75, 3.05) is 26.2 Å². The summed E-state index contributed by atoms with van der Waals surface area (Å²) in [7, 11) is 1.64. The van der Waals surface area contributed by atoms with Gasteiger partial charge in [-0.1, -0.05) is 18.2 Å². The monoisotopic (exact) mass is 410 g/mol. The molecule has 0 unspecified atom stereocenters. The largest absolute Gasteiger partial charge is 0.335 e. The molecule has 8 heteroatoms. The molecule has 2 heterocycles. The van der Waals surface area contributed by atoms with Crippen LogP contribution in [0.4, 0.5) is 8.78 Å². The minimum absolute atomic E-state index is 0.0678. The fourth-order valence-electron chi connectivity index (χ4n) is 3.57. The van der Waals surface area contributed by atoms with Crippen LogP contribution in [0.25, 0.3) is 11.3 Å². The Balaban J connectivity index is 1.51. The van der Waals surface area contributed by atoms with Crippen molar-refractivity contribution >= 4 is 11.8 Å². The Morgan fingerprint density at radius 1 is 0.900 bits per heavy atom. The molecule has 1 fully saturated rings. The van der Waals surface area contributed by atoms with Gasteiger partial charge in [-0.15, -0.1) is 0 Å². The van der Waals surface area contributed by atoms with Gasteiger partial charge in [0, 0.05) is 56.6 Å².